The van der Waals surface area contributed by atoms with Crippen LogP contribution in [0.2, 0.25) is 0 Å². The van der Waals surface area contributed by atoms with Crippen molar-refractivity contribution in [2.45, 2.75) is 12.5 Å². The second-order valence-corrected chi connectivity index (χ2v) is 8.55. The summed E-state index contributed by atoms with van der Waals surface area (Å²) < 4.78 is 31.0. The number of nitrogens with zero attached hydrogens (tertiary/aromatic N) is 1. The normalized spacial score (nSPS) is 21.9. The number of carbonyl (C=O) groups excluding carboxylic acids is 2. The third-order valence-corrected chi connectivity index (χ3v) is 6.52. The fourth-order valence-electron chi connectivity index (χ4n) is 4.74. The molecule has 2 N–H and O–H groups in total. The molecule has 8 nitrogen and oxygen atoms in total. The summed E-state index contributed by atoms with van der Waals surface area (Å²) in [5.74, 6) is -1.54. The van der Waals surface area contributed by atoms with Crippen molar-refractivity contribution >= 4 is 17.4 Å². The van der Waals surface area contributed by atoms with E-state index in [1.54, 1.807) is 36.4 Å². The molecule has 1 atom stereocenters. The van der Waals surface area contributed by atoms with E-state index in [-0.39, 0.29) is 30.2 Å². The van der Waals surface area contributed by atoms with Crippen molar-refractivity contribution in [3.63, 3.8) is 0 Å². The summed E-state index contributed by atoms with van der Waals surface area (Å²) in [4.78, 5) is 28.9. The first kappa shape index (κ1) is 22.4. The molecule has 1 unspecified atom stereocenters. The van der Waals surface area contributed by atoms with Crippen molar-refractivity contribution in [1.82, 2.24) is 4.90 Å². The maximum absolute atomic E-state index is 14.9. The average Bonchev–Trinajstić information content (AvgIpc) is 3.42. The number of Topliss-reactive ketones (excluding diaryl/α,β-unsaturated/α-hetero) is 1. The van der Waals surface area contributed by atoms with Crippen LogP contribution in [0, 0.1) is 5.82 Å². The van der Waals surface area contributed by atoms with Crippen LogP contribution in [-0.4, -0.2) is 67.9 Å². The van der Waals surface area contributed by atoms with E-state index in [0.717, 1.165) is 19.6 Å². The highest BCUT2D eigenvalue weighted by molar-refractivity contribution is 6.46. The van der Waals surface area contributed by atoms with Crippen LogP contribution in [0.15, 0.2) is 48.0 Å². The molecule has 2 aromatic carbocycles. The van der Waals surface area contributed by atoms with E-state index in [1.165, 1.54) is 15.9 Å². The third kappa shape index (κ3) is 4.12. The molecule has 1 amide bonds. The van der Waals surface area contributed by atoms with Crippen LogP contribution in [0.25, 0.3) is 5.76 Å². The number of nitrogens with one attached hydrogen (secondary N) is 1. The average molecular weight is 469 g/mol. The highest BCUT2D eigenvalue weighted by atomic mass is 19.1. The number of hydrogen-bond donors (Lipinski definition) is 2. The van der Waals surface area contributed by atoms with Gasteiger partial charge in [0, 0.05) is 24.1 Å². The summed E-state index contributed by atoms with van der Waals surface area (Å²) in [5.41, 5.74) is 0.330. The van der Waals surface area contributed by atoms with Crippen molar-refractivity contribution in [3.8, 4) is 11.5 Å². The van der Waals surface area contributed by atoms with Gasteiger partial charge >= 0.3 is 0 Å². The van der Waals surface area contributed by atoms with Gasteiger partial charge in [-0.3, -0.25) is 9.59 Å². The van der Waals surface area contributed by atoms with Gasteiger partial charge in [0.1, 0.15) is 24.7 Å². The molecule has 2 aromatic rings. The fourth-order valence-corrected chi connectivity index (χ4v) is 4.74. The van der Waals surface area contributed by atoms with Gasteiger partial charge < -0.3 is 29.1 Å². The smallest absolute Gasteiger partial charge is 0.295 e. The number of ether oxygens (including phenoxy) is 3. The summed E-state index contributed by atoms with van der Waals surface area (Å²) >= 11 is 0. The minimum Gasteiger partial charge on any atom is -0.507 e. The number of fused-ring (bicyclic) bond motifs is 1. The van der Waals surface area contributed by atoms with Crippen molar-refractivity contribution in [2.75, 3.05) is 46.2 Å². The molecule has 0 radical (unpaired) electrons. The predicted octanol–water partition coefficient (Wildman–Crippen LogP) is 1.28. The van der Waals surface area contributed by atoms with E-state index in [4.69, 9.17) is 14.2 Å². The molecule has 0 saturated carbocycles. The van der Waals surface area contributed by atoms with Crippen molar-refractivity contribution in [2.24, 2.45) is 0 Å². The zero-order valence-electron chi connectivity index (χ0n) is 18.6. The number of likely N-dealkylation sites (tertiary alicyclic amines) is 1. The number of benzene rings is 2. The number of hydrogen-bond acceptors (Lipinski definition) is 6. The number of rotatable bonds is 6. The summed E-state index contributed by atoms with van der Waals surface area (Å²) in [6.07, 6.45) is 0.636. The molecule has 34 heavy (non-hydrogen) atoms. The molecule has 2 saturated heterocycles. The Bertz CT molecular complexity index is 1140. The number of ketones is 1. The van der Waals surface area contributed by atoms with Gasteiger partial charge in [0.2, 0.25) is 6.79 Å². The highest BCUT2D eigenvalue weighted by Gasteiger charge is 2.46. The van der Waals surface area contributed by atoms with Gasteiger partial charge in [-0.1, -0.05) is 18.2 Å². The first-order chi connectivity index (χ1) is 16.5. The minimum atomic E-state index is -1.02. The number of aliphatic hydroxyl groups is 1. The Morgan fingerprint density at radius 1 is 1.09 bits per heavy atom. The molecule has 3 aliphatic rings. The SMILES string of the molecule is O=C1C(=O)N(CCC[NH+]2CCOCC2)C(c2ccccc2F)C1=C(O)c1ccc2c(c1)OCO2. The maximum atomic E-state index is 14.9. The van der Waals surface area contributed by atoms with Gasteiger partial charge in [-0.25, -0.2) is 4.39 Å². The van der Waals surface area contributed by atoms with Gasteiger partial charge in [-0.15, -0.1) is 0 Å². The predicted molar refractivity (Wildman–Crippen MR) is 119 cm³/mol. The van der Waals surface area contributed by atoms with E-state index in [9.17, 15) is 19.1 Å². The fraction of sp³-hybridized carbons (Fsp3) is 0.360. The molecule has 3 heterocycles. The van der Waals surface area contributed by atoms with E-state index in [1.807, 2.05) is 0 Å². The maximum Gasteiger partial charge on any atom is 0.295 e. The Labute approximate surface area is 196 Å². The largest absolute Gasteiger partial charge is 0.507 e. The lowest BCUT2D eigenvalue weighted by molar-refractivity contribution is -0.908. The zero-order valence-corrected chi connectivity index (χ0v) is 18.6. The Morgan fingerprint density at radius 2 is 1.85 bits per heavy atom. The molecule has 2 fully saturated rings. The van der Waals surface area contributed by atoms with Crippen LogP contribution < -0.4 is 14.4 Å². The summed E-state index contributed by atoms with van der Waals surface area (Å²) in [7, 11) is 0. The first-order valence-electron chi connectivity index (χ1n) is 11.4. The van der Waals surface area contributed by atoms with Gasteiger partial charge in [-0.2, -0.15) is 0 Å². The second-order valence-electron chi connectivity index (χ2n) is 8.55. The second kappa shape index (κ2) is 9.44. The lowest BCUT2D eigenvalue weighted by atomic mass is 9.94. The van der Waals surface area contributed by atoms with Crippen LogP contribution >= 0.6 is 0 Å². The Hall–Kier alpha value is -3.43. The molecule has 0 bridgehead atoms. The highest BCUT2D eigenvalue weighted by Crippen LogP contribution is 2.42. The lowest BCUT2D eigenvalue weighted by Gasteiger charge is -2.27. The van der Waals surface area contributed by atoms with Crippen LogP contribution in [-0.2, 0) is 14.3 Å². The summed E-state index contributed by atoms with van der Waals surface area (Å²) in [6, 6.07) is 9.75. The van der Waals surface area contributed by atoms with E-state index in [0.29, 0.717) is 36.7 Å². The van der Waals surface area contributed by atoms with Crippen LogP contribution in [0.1, 0.15) is 23.6 Å². The van der Waals surface area contributed by atoms with Crippen molar-refractivity contribution in [1.29, 1.82) is 0 Å². The molecule has 0 aliphatic carbocycles. The van der Waals surface area contributed by atoms with E-state index >= 15 is 0 Å². The van der Waals surface area contributed by atoms with Gasteiger partial charge in [0.25, 0.3) is 11.7 Å². The summed E-state index contributed by atoms with van der Waals surface area (Å²) in [5, 5.41) is 11.2. The van der Waals surface area contributed by atoms with E-state index in [2.05, 4.69) is 0 Å². The number of morpholine rings is 1. The molecular weight excluding hydrogens is 443 g/mol. The molecule has 0 aromatic heterocycles. The number of aliphatic hydroxyl groups excluding tert-OH is 1. The van der Waals surface area contributed by atoms with E-state index < -0.39 is 23.5 Å². The number of quaternary nitrogens is 1. The van der Waals surface area contributed by atoms with Crippen LogP contribution in [0.4, 0.5) is 4.39 Å². The van der Waals surface area contributed by atoms with Gasteiger partial charge in [0.15, 0.2) is 11.5 Å². The molecule has 3 aliphatic heterocycles. The number of halogens is 1. The monoisotopic (exact) mass is 469 g/mol. The Kier molecular flexibility index (Phi) is 6.21. The van der Waals surface area contributed by atoms with Crippen LogP contribution in [0.3, 0.4) is 0 Å². The molecule has 5 rings (SSSR count). The number of carbonyl (C=O) groups is 2. The standard InChI is InChI=1S/C25H25FN2O6/c26-18-5-2-1-4-17(18)22-21(23(29)16-6-7-19-20(14-16)34-15-33-19)24(30)25(31)28(22)9-3-8-27-10-12-32-13-11-27/h1-2,4-7,14,22,29H,3,8-13,15H2/p+1. The zero-order chi connectivity index (χ0) is 23.7. The first-order valence-corrected chi connectivity index (χ1v) is 11.4. The Morgan fingerprint density at radius 3 is 2.65 bits per heavy atom. The summed E-state index contributed by atoms with van der Waals surface area (Å²) in [6.45, 7) is 4.31. The minimum absolute atomic E-state index is 0.0598. The molecular formula is C25H26FN2O6+. The Balaban J connectivity index is 1.49. The molecule has 0 spiro atoms. The molecule has 9 heteroatoms. The topological polar surface area (TPSA) is 89.7 Å². The van der Waals surface area contributed by atoms with Gasteiger partial charge in [0.05, 0.1) is 31.4 Å². The van der Waals surface area contributed by atoms with Crippen molar-refractivity contribution < 1.29 is 38.2 Å². The lowest BCUT2D eigenvalue weighted by Crippen LogP contribution is -3.14. The van der Waals surface area contributed by atoms with Gasteiger partial charge in [-0.05, 0) is 24.3 Å². The quantitative estimate of drug-likeness (QED) is 0.377. The number of amides is 1. The molecule has 178 valence electrons. The van der Waals surface area contributed by atoms with Crippen molar-refractivity contribution in [3.05, 3.63) is 65.0 Å². The van der Waals surface area contributed by atoms with Crippen LogP contribution in [0.5, 0.6) is 11.5 Å². The third-order valence-electron chi connectivity index (χ3n) is 6.52.